The summed E-state index contributed by atoms with van der Waals surface area (Å²) < 4.78 is 0. The minimum Gasteiger partial charge on any atom is -0.0654 e. The molecule has 0 aliphatic heterocycles. The second kappa shape index (κ2) is 86.1. The maximum absolute atomic E-state index is 2.27. The van der Waals surface area contributed by atoms with Crippen LogP contribution in [0.4, 0.5) is 0 Å². The Labute approximate surface area is 389 Å². The second-order valence-corrected chi connectivity index (χ2v) is 18.7. The van der Waals surface area contributed by atoms with Crippen LogP contribution < -0.4 is 0 Å². The Bertz CT molecular complexity index is 364. The molecule has 0 rings (SSSR count). The largest absolute Gasteiger partial charge is 0.0654 e. The van der Waals surface area contributed by atoms with E-state index in [1.807, 2.05) is 0 Å². The Morgan fingerprint density at radius 3 is 0.183 bits per heavy atom. The van der Waals surface area contributed by atoms with E-state index in [0.29, 0.717) is 0 Å². The summed E-state index contributed by atoms with van der Waals surface area (Å²) in [4.78, 5) is 0. The van der Waals surface area contributed by atoms with Gasteiger partial charge in [-0.15, -0.1) is 0 Å². The summed E-state index contributed by atoms with van der Waals surface area (Å²) in [6.45, 7) is 27.2. The second-order valence-electron chi connectivity index (χ2n) is 18.7. The van der Waals surface area contributed by atoms with Crippen molar-refractivity contribution in [1.82, 2.24) is 0 Å². The van der Waals surface area contributed by atoms with Gasteiger partial charge in [-0.1, -0.05) is 391 Å². The van der Waals surface area contributed by atoms with Gasteiger partial charge in [-0.2, -0.15) is 0 Å². The third-order valence-corrected chi connectivity index (χ3v) is 11.7. The third kappa shape index (κ3) is 107. The molecule has 0 aromatic rings. The van der Waals surface area contributed by atoms with E-state index in [-0.39, 0.29) is 0 Å². The van der Waals surface area contributed by atoms with Gasteiger partial charge in [0.1, 0.15) is 0 Å². The van der Waals surface area contributed by atoms with E-state index in [9.17, 15) is 0 Å². The number of hydrogen-bond donors (Lipinski definition) is 0. The molecule has 0 aromatic carbocycles. The van der Waals surface area contributed by atoms with Crippen molar-refractivity contribution in [2.45, 2.75) is 391 Å². The van der Waals surface area contributed by atoms with Crippen LogP contribution in [0.15, 0.2) is 0 Å². The van der Waals surface area contributed by atoms with Crippen LogP contribution in [0.3, 0.4) is 0 Å². The summed E-state index contributed by atoms with van der Waals surface area (Å²) in [6.07, 6.45) is 68.8. The molecule has 0 aliphatic rings. The zero-order valence-corrected chi connectivity index (χ0v) is 45.9. The van der Waals surface area contributed by atoms with Crippen LogP contribution in [0, 0.1) is 0 Å². The smallest absolute Gasteiger partial charge is 0.0533 e. The molecule has 60 heavy (non-hydrogen) atoms. The molecule has 0 bridgehead atoms. The van der Waals surface area contributed by atoms with Crippen LogP contribution in [-0.4, -0.2) is 0 Å². The summed E-state index contributed by atoms with van der Waals surface area (Å²) >= 11 is 0. The Morgan fingerprint density at radius 2 is 0.133 bits per heavy atom. The topological polar surface area (TPSA) is 0 Å². The lowest BCUT2D eigenvalue weighted by molar-refractivity contribution is 0.585. The molecule has 0 amide bonds. The lowest BCUT2D eigenvalue weighted by atomic mass is 10.1. The van der Waals surface area contributed by atoms with Crippen molar-refractivity contribution in [3.63, 3.8) is 0 Å². The van der Waals surface area contributed by atoms with Gasteiger partial charge in [-0.3, -0.25) is 0 Å². The maximum atomic E-state index is 2.27. The highest BCUT2D eigenvalue weighted by Crippen LogP contribution is 2.11. The monoisotopic (exact) mass is 853 g/mol. The number of hydrogen-bond acceptors (Lipinski definition) is 0. The van der Waals surface area contributed by atoms with E-state index in [2.05, 4.69) is 83.1 Å². The highest BCUT2D eigenvalue weighted by Gasteiger charge is 1.92. The fourth-order valence-corrected chi connectivity index (χ4v) is 7.24. The van der Waals surface area contributed by atoms with Gasteiger partial charge in [0.15, 0.2) is 0 Å². The molecule has 0 aliphatic carbocycles. The molecule has 0 fully saturated rings. The molecule has 0 atom stereocenters. The Morgan fingerprint density at radius 1 is 0.0833 bits per heavy atom. The van der Waals surface area contributed by atoms with E-state index >= 15 is 0 Å². The summed E-state index contributed by atoms with van der Waals surface area (Å²) in [6, 6.07) is 0. The third-order valence-electron chi connectivity index (χ3n) is 11.7. The molecule has 0 aromatic heterocycles. The number of unbranched alkanes of at least 4 members (excludes halogenated alkanes) is 42. The van der Waals surface area contributed by atoms with Gasteiger partial charge in [0.25, 0.3) is 0 Å². The maximum Gasteiger partial charge on any atom is -0.0533 e. The SMILES string of the molecule is CCCCCCCCCC.CCCCCCCCCC.CCCCCCCCCC.CCCCCCCCCC.CCCCCCCCCC.CCCCCCCCCC. The van der Waals surface area contributed by atoms with E-state index in [1.165, 1.54) is 308 Å². The van der Waals surface area contributed by atoms with Gasteiger partial charge in [-0.05, 0) is 0 Å². The lowest BCUT2D eigenvalue weighted by Gasteiger charge is -1.97. The van der Waals surface area contributed by atoms with Crippen molar-refractivity contribution in [1.29, 1.82) is 0 Å². The van der Waals surface area contributed by atoms with Gasteiger partial charge in [0.05, 0.1) is 0 Å². The zero-order valence-electron chi connectivity index (χ0n) is 45.9. The van der Waals surface area contributed by atoms with Gasteiger partial charge in [0.2, 0.25) is 0 Å². The molecule has 0 radical (unpaired) electrons. The van der Waals surface area contributed by atoms with Gasteiger partial charge < -0.3 is 0 Å². The van der Waals surface area contributed by atoms with Crippen LogP contribution in [0.1, 0.15) is 391 Å². The predicted molar refractivity (Wildman–Crippen MR) is 290 cm³/mol. The average Bonchev–Trinajstić information content (AvgIpc) is 3.27. The minimum absolute atomic E-state index is 1.37. The first-order chi connectivity index (χ1) is 29.5. The number of rotatable bonds is 42. The molecule has 0 heterocycles. The molecule has 0 N–H and O–H groups in total. The normalized spacial score (nSPS) is 10.2. The molecule has 0 saturated carbocycles. The Kier molecular flexibility index (Phi) is 103. The fourth-order valence-electron chi connectivity index (χ4n) is 7.24. The standard InChI is InChI=1S/6C10H22/c6*1-3-5-7-9-10-8-6-4-2/h6*3-10H2,1-2H3. The first kappa shape index (κ1) is 71.6. The van der Waals surface area contributed by atoms with Crippen LogP contribution in [0.2, 0.25) is 0 Å². The van der Waals surface area contributed by atoms with E-state index in [0.717, 1.165) is 0 Å². The van der Waals surface area contributed by atoms with E-state index in [4.69, 9.17) is 0 Å². The van der Waals surface area contributed by atoms with Crippen LogP contribution in [0.5, 0.6) is 0 Å². The quantitative estimate of drug-likeness (QED) is 0.0537. The molecular formula is C60H132. The van der Waals surface area contributed by atoms with Crippen LogP contribution in [-0.2, 0) is 0 Å². The minimum atomic E-state index is 1.37. The highest BCUT2D eigenvalue weighted by atomic mass is 14.0. The molecule has 0 saturated heterocycles. The average molecular weight is 854 g/mol. The molecule has 0 unspecified atom stereocenters. The van der Waals surface area contributed by atoms with E-state index in [1.54, 1.807) is 0 Å². The van der Waals surface area contributed by atoms with Crippen molar-refractivity contribution in [3.8, 4) is 0 Å². The van der Waals surface area contributed by atoms with Crippen LogP contribution in [0.25, 0.3) is 0 Å². The summed E-state index contributed by atoms with van der Waals surface area (Å²) in [7, 11) is 0. The van der Waals surface area contributed by atoms with Crippen molar-refractivity contribution in [2.24, 2.45) is 0 Å². The summed E-state index contributed by atoms with van der Waals surface area (Å²) in [5.74, 6) is 0. The van der Waals surface area contributed by atoms with Crippen molar-refractivity contribution in [3.05, 3.63) is 0 Å². The molecule has 0 heteroatoms. The summed E-state index contributed by atoms with van der Waals surface area (Å²) in [5, 5.41) is 0. The summed E-state index contributed by atoms with van der Waals surface area (Å²) in [5.41, 5.74) is 0. The molecular weight excluding hydrogens is 721 g/mol. The van der Waals surface area contributed by atoms with Crippen molar-refractivity contribution >= 4 is 0 Å². The van der Waals surface area contributed by atoms with Gasteiger partial charge in [-0.25, -0.2) is 0 Å². The van der Waals surface area contributed by atoms with Crippen molar-refractivity contribution < 1.29 is 0 Å². The van der Waals surface area contributed by atoms with E-state index < -0.39 is 0 Å². The molecule has 0 spiro atoms. The van der Waals surface area contributed by atoms with Crippen LogP contribution >= 0.6 is 0 Å². The van der Waals surface area contributed by atoms with Gasteiger partial charge >= 0.3 is 0 Å². The highest BCUT2D eigenvalue weighted by molar-refractivity contribution is 4.47. The molecule has 372 valence electrons. The fraction of sp³-hybridized carbons (Fsp3) is 1.00. The molecule has 0 nitrogen and oxygen atoms in total. The lowest BCUT2D eigenvalue weighted by Crippen LogP contribution is -1.77. The van der Waals surface area contributed by atoms with Crippen molar-refractivity contribution in [2.75, 3.05) is 0 Å². The Balaban J connectivity index is -0.000000146. The first-order valence-electron chi connectivity index (χ1n) is 29.5. The Hall–Kier alpha value is 0. The van der Waals surface area contributed by atoms with Gasteiger partial charge in [0, 0.05) is 0 Å². The first-order valence-corrected chi connectivity index (χ1v) is 29.5. The zero-order chi connectivity index (χ0) is 45.9. The predicted octanol–water partition coefficient (Wildman–Crippen LogP) is 24.9.